The van der Waals surface area contributed by atoms with Crippen molar-refractivity contribution in [3.05, 3.63) is 35.4 Å². The molecule has 0 heterocycles. The minimum Gasteiger partial charge on any atom is -0.309 e. The average Bonchev–Trinajstić information content (AvgIpc) is 2.37. The highest BCUT2D eigenvalue weighted by molar-refractivity contribution is 5.21. The quantitative estimate of drug-likeness (QED) is 0.779. The molecule has 0 spiro atoms. The Balaban J connectivity index is 2.44. The fraction of sp³-hybridized carbons (Fsp3) is 0.600. The molecule has 1 aromatic carbocycles. The molecule has 0 fully saturated rings. The Hall–Kier alpha value is -1.00. The summed E-state index contributed by atoms with van der Waals surface area (Å²) in [6.45, 7) is 10.0. The number of hydrogen-bond donors (Lipinski definition) is 1. The highest BCUT2D eigenvalue weighted by atomic mass is 19.1. The van der Waals surface area contributed by atoms with Gasteiger partial charge in [-0.2, -0.15) is 0 Å². The predicted octanol–water partition coefficient (Wildman–Crippen LogP) is 3.35. The molecule has 108 valence electrons. The molecule has 0 aliphatic rings. The van der Waals surface area contributed by atoms with E-state index < -0.39 is 11.6 Å². The van der Waals surface area contributed by atoms with Gasteiger partial charge in [-0.25, -0.2) is 8.78 Å². The summed E-state index contributed by atoms with van der Waals surface area (Å²) < 4.78 is 26.4. The van der Waals surface area contributed by atoms with Gasteiger partial charge < -0.3 is 10.2 Å². The Bertz CT molecular complexity index is 382. The van der Waals surface area contributed by atoms with E-state index in [9.17, 15) is 8.78 Å². The van der Waals surface area contributed by atoms with Crippen LogP contribution in [0, 0.1) is 11.6 Å². The topological polar surface area (TPSA) is 15.3 Å². The largest absolute Gasteiger partial charge is 0.309 e. The monoisotopic (exact) mass is 270 g/mol. The fourth-order valence-corrected chi connectivity index (χ4v) is 2.15. The molecule has 1 N–H and O–H groups in total. The summed E-state index contributed by atoms with van der Waals surface area (Å²) >= 11 is 0. The van der Waals surface area contributed by atoms with E-state index in [1.165, 1.54) is 12.1 Å². The third kappa shape index (κ3) is 5.25. The molecule has 4 heteroatoms. The van der Waals surface area contributed by atoms with Gasteiger partial charge in [0.15, 0.2) is 0 Å². The first-order chi connectivity index (χ1) is 9.08. The summed E-state index contributed by atoms with van der Waals surface area (Å²) in [5.41, 5.74) is 0.514. The zero-order valence-electron chi connectivity index (χ0n) is 12.0. The lowest BCUT2D eigenvalue weighted by atomic mass is 10.1. The first-order valence-electron chi connectivity index (χ1n) is 6.99. The van der Waals surface area contributed by atoms with E-state index >= 15 is 0 Å². The van der Waals surface area contributed by atoms with Crippen LogP contribution in [0.1, 0.15) is 38.8 Å². The average molecular weight is 270 g/mol. The van der Waals surface area contributed by atoms with Gasteiger partial charge in [-0.05, 0) is 32.5 Å². The zero-order valence-corrected chi connectivity index (χ0v) is 12.0. The number of rotatable bonds is 8. The summed E-state index contributed by atoms with van der Waals surface area (Å²) in [4.78, 5) is 2.35. The van der Waals surface area contributed by atoms with E-state index in [4.69, 9.17) is 0 Å². The molecule has 0 aromatic heterocycles. The van der Waals surface area contributed by atoms with Crippen molar-refractivity contribution in [1.82, 2.24) is 10.2 Å². The van der Waals surface area contributed by atoms with Crippen LogP contribution >= 0.6 is 0 Å². The van der Waals surface area contributed by atoms with Crippen molar-refractivity contribution >= 4 is 0 Å². The lowest BCUT2D eigenvalue weighted by Gasteiger charge is -2.21. The predicted molar refractivity (Wildman–Crippen MR) is 75.2 cm³/mol. The third-order valence-corrected chi connectivity index (χ3v) is 3.29. The van der Waals surface area contributed by atoms with Gasteiger partial charge in [0.2, 0.25) is 0 Å². The SMILES string of the molecule is CCCN(CC)CCNC(C)c1ccc(F)cc1F. The summed E-state index contributed by atoms with van der Waals surface area (Å²) in [5, 5.41) is 3.28. The van der Waals surface area contributed by atoms with E-state index in [2.05, 4.69) is 24.1 Å². The number of likely N-dealkylation sites (N-methyl/N-ethyl adjacent to an activating group) is 1. The second-order valence-electron chi connectivity index (χ2n) is 4.78. The summed E-state index contributed by atoms with van der Waals surface area (Å²) in [7, 11) is 0. The zero-order chi connectivity index (χ0) is 14.3. The Labute approximate surface area is 114 Å². The van der Waals surface area contributed by atoms with Gasteiger partial charge in [-0.1, -0.05) is 19.9 Å². The molecule has 1 rings (SSSR count). The molecule has 0 saturated heterocycles. The highest BCUT2D eigenvalue weighted by Crippen LogP contribution is 2.17. The van der Waals surface area contributed by atoms with Crippen LogP contribution < -0.4 is 5.32 Å². The molecule has 2 nitrogen and oxygen atoms in total. The standard InChI is InChI=1S/C15H24F2N2/c1-4-9-19(5-2)10-8-18-12(3)14-7-6-13(16)11-15(14)17/h6-7,11-12,18H,4-5,8-10H2,1-3H3. The molecule has 0 aliphatic carbocycles. The number of benzene rings is 1. The summed E-state index contributed by atoms with van der Waals surface area (Å²) in [6, 6.07) is 3.63. The lowest BCUT2D eigenvalue weighted by molar-refractivity contribution is 0.283. The van der Waals surface area contributed by atoms with Crippen LogP contribution in [0.25, 0.3) is 0 Å². The first kappa shape index (κ1) is 16.1. The van der Waals surface area contributed by atoms with E-state index in [1.54, 1.807) is 0 Å². The number of halogens is 2. The number of hydrogen-bond acceptors (Lipinski definition) is 2. The number of nitrogens with zero attached hydrogens (tertiary/aromatic N) is 1. The molecule has 0 saturated carbocycles. The molecule has 1 unspecified atom stereocenters. The number of nitrogens with one attached hydrogen (secondary N) is 1. The van der Waals surface area contributed by atoms with Crippen molar-refractivity contribution < 1.29 is 8.78 Å². The molecule has 0 radical (unpaired) electrons. The van der Waals surface area contributed by atoms with Crippen molar-refractivity contribution in [3.63, 3.8) is 0 Å². The molecule has 19 heavy (non-hydrogen) atoms. The normalized spacial score (nSPS) is 12.9. The minimum absolute atomic E-state index is 0.110. The van der Waals surface area contributed by atoms with Gasteiger partial charge in [0.1, 0.15) is 11.6 Å². The second-order valence-corrected chi connectivity index (χ2v) is 4.78. The van der Waals surface area contributed by atoms with Gasteiger partial charge in [-0.15, -0.1) is 0 Å². The molecule has 1 atom stereocenters. The molecule has 0 bridgehead atoms. The Kier molecular flexibility index (Phi) is 6.95. The van der Waals surface area contributed by atoms with Gasteiger partial charge in [0, 0.05) is 30.8 Å². The highest BCUT2D eigenvalue weighted by Gasteiger charge is 2.11. The van der Waals surface area contributed by atoms with E-state index in [-0.39, 0.29) is 6.04 Å². The van der Waals surface area contributed by atoms with Crippen LogP contribution in [-0.2, 0) is 0 Å². The molecule has 0 aliphatic heterocycles. The molecular formula is C15H24F2N2. The van der Waals surface area contributed by atoms with E-state index in [0.717, 1.165) is 38.7 Å². The van der Waals surface area contributed by atoms with Crippen molar-refractivity contribution in [2.45, 2.75) is 33.2 Å². The van der Waals surface area contributed by atoms with E-state index in [1.807, 2.05) is 6.92 Å². The van der Waals surface area contributed by atoms with E-state index in [0.29, 0.717) is 5.56 Å². The Morgan fingerprint density at radius 1 is 1.21 bits per heavy atom. The van der Waals surface area contributed by atoms with Gasteiger partial charge in [-0.3, -0.25) is 0 Å². The van der Waals surface area contributed by atoms with Crippen molar-refractivity contribution in [2.75, 3.05) is 26.2 Å². The Morgan fingerprint density at radius 2 is 1.95 bits per heavy atom. The molecule has 1 aromatic rings. The second kappa shape index (κ2) is 8.23. The maximum Gasteiger partial charge on any atom is 0.130 e. The maximum atomic E-state index is 13.6. The van der Waals surface area contributed by atoms with Crippen molar-refractivity contribution in [1.29, 1.82) is 0 Å². The third-order valence-electron chi connectivity index (χ3n) is 3.29. The van der Waals surface area contributed by atoms with Crippen molar-refractivity contribution in [2.24, 2.45) is 0 Å². The van der Waals surface area contributed by atoms with Crippen LogP contribution in [0.2, 0.25) is 0 Å². The van der Waals surface area contributed by atoms with Crippen molar-refractivity contribution in [3.8, 4) is 0 Å². The lowest BCUT2D eigenvalue weighted by Crippen LogP contribution is -2.33. The van der Waals surface area contributed by atoms with Crippen LogP contribution in [0.4, 0.5) is 8.78 Å². The molecule has 0 amide bonds. The van der Waals surface area contributed by atoms with Gasteiger partial charge >= 0.3 is 0 Å². The minimum atomic E-state index is -0.534. The van der Waals surface area contributed by atoms with Crippen LogP contribution in [-0.4, -0.2) is 31.1 Å². The van der Waals surface area contributed by atoms with Gasteiger partial charge in [0.05, 0.1) is 0 Å². The smallest absolute Gasteiger partial charge is 0.130 e. The van der Waals surface area contributed by atoms with Gasteiger partial charge in [0.25, 0.3) is 0 Å². The van der Waals surface area contributed by atoms with Crippen LogP contribution in [0.3, 0.4) is 0 Å². The summed E-state index contributed by atoms with van der Waals surface area (Å²) in [6.07, 6.45) is 1.13. The first-order valence-corrected chi connectivity index (χ1v) is 6.99. The summed E-state index contributed by atoms with van der Waals surface area (Å²) in [5.74, 6) is -1.02. The maximum absolute atomic E-state index is 13.6. The van der Waals surface area contributed by atoms with Crippen LogP contribution in [0.15, 0.2) is 18.2 Å². The fourth-order valence-electron chi connectivity index (χ4n) is 2.15. The van der Waals surface area contributed by atoms with Crippen LogP contribution in [0.5, 0.6) is 0 Å². The molecular weight excluding hydrogens is 246 g/mol. The Morgan fingerprint density at radius 3 is 2.53 bits per heavy atom.